The van der Waals surface area contributed by atoms with Gasteiger partial charge in [0.05, 0.1) is 14.2 Å². The van der Waals surface area contributed by atoms with Crippen molar-refractivity contribution >= 4 is 11.6 Å². The van der Waals surface area contributed by atoms with Crippen LogP contribution in [-0.2, 0) is 6.54 Å². The molecule has 1 heterocycles. The monoisotopic (exact) mass is 331 g/mol. The number of carbonyl (C=O) groups is 1. The molecule has 1 amide bonds. The minimum absolute atomic E-state index is 0.164. The molecule has 1 aromatic carbocycles. The number of amides is 1. The van der Waals surface area contributed by atoms with Crippen molar-refractivity contribution in [1.82, 2.24) is 9.78 Å². The van der Waals surface area contributed by atoms with Gasteiger partial charge in [-0.05, 0) is 12.0 Å². The molecule has 7 nitrogen and oxygen atoms in total. The van der Waals surface area contributed by atoms with Gasteiger partial charge in [-0.15, -0.1) is 0 Å². The molecule has 0 saturated carbocycles. The third-order valence-electron chi connectivity index (χ3n) is 3.25. The van der Waals surface area contributed by atoms with Gasteiger partial charge in [-0.2, -0.15) is 5.10 Å². The van der Waals surface area contributed by atoms with Gasteiger partial charge in [-0.25, -0.2) is 4.68 Å². The number of hydrogen-bond acceptors (Lipinski definition) is 5. The lowest BCUT2D eigenvalue weighted by Crippen LogP contribution is -2.27. The number of anilines is 1. The second-order valence-corrected chi connectivity index (χ2v) is 5.69. The molecule has 0 radical (unpaired) electrons. The maximum atomic E-state index is 12.4. The first kappa shape index (κ1) is 17.5. The lowest BCUT2D eigenvalue weighted by atomic mass is 10.2. The second kappa shape index (κ2) is 7.63. The van der Waals surface area contributed by atoms with Gasteiger partial charge < -0.3 is 14.8 Å². The molecule has 0 unspecified atom stereocenters. The zero-order valence-electron chi connectivity index (χ0n) is 14.2. The van der Waals surface area contributed by atoms with Gasteiger partial charge in [0.2, 0.25) is 0 Å². The Morgan fingerprint density at radius 2 is 1.79 bits per heavy atom. The summed E-state index contributed by atoms with van der Waals surface area (Å²) in [6.07, 6.45) is 0. The summed E-state index contributed by atoms with van der Waals surface area (Å²) in [5, 5.41) is 6.85. The highest BCUT2D eigenvalue weighted by molar-refractivity contribution is 6.02. The van der Waals surface area contributed by atoms with Crippen LogP contribution in [0, 0.1) is 5.92 Å². The van der Waals surface area contributed by atoms with E-state index in [9.17, 15) is 9.59 Å². The van der Waals surface area contributed by atoms with E-state index in [0.717, 1.165) is 0 Å². The first-order valence-electron chi connectivity index (χ1n) is 7.55. The molecule has 7 heteroatoms. The molecule has 1 N–H and O–H groups in total. The summed E-state index contributed by atoms with van der Waals surface area (Å²) in [4.78, 5) is 24.2. The molecule has 0 fully saturated rings. The van der Waals surface area contributed by atoms with Crippen LogP contribution in [0.15, 0.2) is 35.1 Å². The van der Waals surface area contributed by atoms with Crippen molar-refractivity contribution in [3.63, 3.8) is 0 Å². The zero-order chi connectivity index (χ0) is 17.7. The standard InChI is InChI=1S/C17H21N3O4/c1-11(2)10-20-16(21)6-5-15(19-20)17(22)18-12-7-13(23-3)9-14(8-12)24-4/h5-9,11H,10H2,1-4H3,(H,18,22). The smallest absolute Gasteiger partial charge is 0.276 e. The van der Waals surface area contributed by atoms with E-state index >= 15 is 0 Å². The summed E-state index contributed by atoms with van der Waals surface area (Å²) >= 11 is 0. The van der Waals surface area contributed by atoms with Crippen LogP contribution < -0.4 is 20.3 Å². The average molecular weight is 331 g/mol. The van der Waals surface area contributed by atoms with Gasteiger partial charge in [0, 0.05) is 36.5 Å². The van der Waals surface area contributed by atoms with Crippen molar-refractivity contribution in [2.45, 2.75) is 20.4 Å². The molecule has 2 rings (SSSR count). The minimum atomic E-state index is -0.414. The van der Waals surface area contributed by atoms with E-state index in [4.69, 9.17) is 9.47 Å². The van der Waals surface area contributed by atoms with E-state index in [2.05, 4.69) is 10.4 Å². The number of benzene rings is 1. The molecule has 1 aromatic heterocycles. The second-order valence-electron chi connectivity index (χ2n) is 5.69. The predicted octanol–water partition coefficient (Wildman–Crippen LogP) is 2.17. The molecule has 0 atom stereocenters. The fourth-order valence-electron chi connectivity index (χ4n) is 2.12. The molecule has 0 bridgehead atoms. The Hall–Kier alpha value is -2.83. The van der Waals surface area contributed by atoms with Gasteiger partial charge in [-0.1, -0.05) is 13.8 Å². The maximum absolute atomic E-state index is 12.4. The summed E-state index contributed by atoms with van der Waals surface area (Å²) in [6, 6.07) is 7.80. The molecule has 0 spiro atoms. The average Bonchev–Trinajstić information content (AvgIpc) is 2.55. The summed E-state index contributed by atoms with van der Waals surface area (Å²) in [5.74, 6) is 0.948. The van der Waals surface area contributed by atoms with Crippen LogP contribution in [0.4, 0.5) is 5.69 Å². The van der Waals surface area contributed by atoms with E-state index in [1.807, 2.05) is 13.8 Å². The molecule has 0 aliphatic rings. The molecule has 0 aliphatic heterocycles. The highest BCUT2D eigenvalue weighted by atomic mass is 16.5. The van der Waals surface area contributed by atoms with Crippen LogP contribution in [0.5, 0.6) is 11.5 Å². The third-order valence-corrected chi connectivity index (χ3v) is 3.25. The van der Waals surface area contributed by atoms with E-state index in [1.165, 1.54) is 31.0 Å². The maximum Gasteiger partial charge on any atom is 0.276 e. The lowest BCUT2D eigenvalue weighted by molar-refractivity contribution is 0.101. The van der Waals surface area contributed by atoms with E-state index < -0.39 is 5.91 Å². The lowest BCUT2D eigenvalue weighted by Gasteiger charge is -2.11. The fraction of sp³-hybridized carbons (Fsp3) is 0.353. The van der Waals surface area contributed by atoms with E-state index in [-0.39, 0.29) is 17.2 Å². The number of methoxy groups -OCH3 is 2. The summed E-state index contributed by atoms with van der Waals surface area (Å²) in [5.41, 5.74) is 0.444. The molecular weight excluding hydrogens is 310 g/mol. The summed E-state index contributed by atoms with van der Waals surface area (Å²) in [6.45, 7) is 4.40. The van der Waals surface area contributed by atoms with E-state index in [0.29, 0.717) is 23.7 Å². The highest BCUT2D eigenvalue weighted by Crippen LogP contribution is 2.25. The molecule has 128 valence electrons. The van der Waals surface area contributed by atoms with Gasteiger partial charge in [0.1, 0.15) is 17.2 Å². The van der Waals surface area contributed by atoms with Gasteiger partial charge >= 0.3 is 0 Å². The Balaban J connectivity index is 2.25. The van der Waals surface area contributed by atoms with Crippen LogP contribution in [0.3, 0.4) is 0 Å². The first-order chi connectivity index (χ1) is 11.4. The molecule has 0 saturated heterocycles. The van der Waals surface area contributed by atoms with Crippen LogP contribution >= 0.6 is 0 Å². The SMILES string of the molecule is COc1cc(NC(=O)c2ccc(=O)n(CC(C)C)n2)cc(OC)c1. The van der Waals surface area contributed by atoms with Crippen molar-refractivity contribution in [3.05, 3.63) is 46.4 Å². The number of ether oxygens (including phenoxy) is 2. The van der Waals surface area contributed by atoms with Crippen molar-refractivity contribution in [2.24, 2.45) is 5.92 Å². The molecular formula is C17H21N3O4. The van der Waals surface area contributed by atoms with Crippen LogP contribution in [0.1, 0.15) is 24.3 Å². The number of carbonyl (C=O) groups excluding carboxylic acids is 1. The number of hydrogen-bond donors (Lipinski definition) is 1. The first-order valence-corrected chi connectivity index (χ1v) is 7.55. The topological polar surface area (TPSA) is 82.5 Å². The van der Waals surface area contributed by atoms with E-state index in [1.54, 1.807) is 18.2 Å². The Labute approximate surface area is 140 Å². The number of nitrogens with one attached hydrogen (secondary N) is 1. The van der Waals surface area contributed by atoms with Crippen molar-refractivity contribution in [1.29, 1.82) is 0 Å². The summed E-state index contributed by atoms with van der Waals surface area (Å²) in [7, 11) is 3.06. The fourth-order valence-corrected chi connectivity index (χ4v) is 2.12. The van der Waals surface area contributed by atoms with Gasteiger partial charge in [-0.3, -0.25) is 9.59 Å². The predicted molar refractivity (Wildman–Crippen MR) is 90.8 cm³/mol. The number of rotatable bonds is 6. The molecule has 0 aliphatic carbocycles. The molecule has 24 heavy (non-hydrogen) atoms. The van der Waals surface area contributed by atoms with Gasteiger partial charge in [0.25, 0.3) is 11.5 Å². The number of nitrogens with zero attached hydrogens (tertiary/aromatic N) is 2. The van der Waals surface area contributed by atoms with Crippen molar-refractivity contribution < 1.29 is 14.3 Å². The van der Waals surface area contributed by atoms with Crippen LogP contribution in [0.25, 0.3) is 0 Å². The van der Waals surface area contributed by atoms with Crippen LogP contribution in [0.2, 0.25) is 0 Å². The number of aromatic nitrogens is 2. The van der Waals surface area contributed by atoms with Crippen LogP contribution in [-0.4, -0.2) is 29.9 Å². The Morgan fingerprint density at radius 3 is 2.33 bits per heavy atom. The quantitative estimate of drug-likeness (QED) is 0.877. The highest BCUT2D eigenvalue weighted by Gasteiger charge is 2.12. The minimum Gasteiger partial charge on any atom is -0.497 e. The largest absolute Gasteiger partial charge is 0.497 e. The summed E-state index contributed by atoms with van der Waals surface area (Å²) < 4.78 is 11.6. The Kier molecular flexibility index (Phi) is 5.57. The zero-order valence-corrected chi connectivity index (χ0v) is 14.2. The van der Waals surface area contributed by atoms with Crippen molar-refractivity contribution in [2.75, 3.05) is 19.5 Å². The van der Waals surface area contributed by atoms with Crippen molar-refractivity contribution in [3.8, 4) is 11.5 Å². The molecule has 2 aromatic rings. The Bertz CT molecular complexity index is 761. The normalized spacial score (nSPS) is 10.5. The Morgan fingerprint density at radius 1 is 1.17 bits per heavy atom. The van der Waals surface area contributed by atoms with Gasteiger partial charge in [0.15, 0.2) is 0 Å². The third kappa shape index (κ3) is 4.34.